The van der Waals surface area contributed by atoms with Crippen molar-refractivity contribution < 1.29 is 13.2 Å². The molecule has 1 amide bonds. The lowest BCUT2D eigenvalue weighted by Crippen LogP contribution is -2.43. The highest BCUT2D eigenvalue weighted by molar-refractivity contribution is 7.93. The Morgan fingerprint density at radius 3 is 1.77 bits per heavy atom. The Bertz CT molecular complexity index is 1870. The van der Waals surface area contributed by atoms with Gasteiger partial charge in [-0.2, -0.15) is 0 Å². The zero-order chi connectivity index (χ0) is 32.8. The van der Waals surface area contributed by atoms with E-state index in [1.165, 1.54) is 5.41 Å². The van der Waals surface area contributed by atoms with E-state index in [4.69, 9.17) is 23.2 Å². The molecule has 1 N–H and O–H groups in total. The van der Waals surface area contributed by atoms with E-state index < -0.39 is 9.84 Å². The van der Waals surface area contributed by atoms with Gasteiger partial charge in [-0.3, -0.25) is 9.69 Å². The van der Waals surface area contributed by atoms with E-state index in [9.17, 15) is 13.2 Å². The minimum absolute atomic E-state index is 0.0161. The minimum Gasteiger partial charge on any atom is -0.351 e. The molecule has 5 nitrogen and oxygen atoms in total. The summed E-state index contributed by atoms with van der Waals surface area (Å²) in [6.07, 6.45) is 0. The lowest BCUT2D eigenvalue weighted by molar-refractivity contribution is 0.0952. The van der Waals surface area contributed by atoms with Gasteiger partial charge in [-0.1, -0.05) is 120 Å². The molecule has 0 unspecified atom stereocenters. The maximum Gasteiger partial charge on any atom is 0.251 e. The summed E-state index contributed by atoms with van der Waals surface area (Å²) in [5, 5.41) is 5.77. The fraction of sp³-hybridized carbons (Fsp3) is 0.154. The Morgan fingerprint density at radius 1 is 0.702 bits per heavy atom. The van der Waals surface area contributed by atoms with Crippen molar-refractivity contribution in [1.29, 1.82) is 0 Å². The van der Waals surface area contributed by atoms with Crippen LogP contribution in [0.5, 0.6) is 0 Å². The zero-order valence-corrected chi connectivity index (χ0v) is 27.9. The number of hydrogen-bond acceptors (Lipinski definition) is 4. The number of rotatable bonds is 11. The van der Waals surface area contributed by atoms with Crippen molar-refractivity contribution in [2.24, 2.45) is 0 Å². The van der Waals surface area contributed by atoms with Crippen LogP contribution in [0, 0.1) is 0 Å². The summed E-state index contributed by atoms with van der Waals surface area (Å²) >= 11 is 12.3. The Labute approximate surface area is 286 Å². The molecule has 5 aromatic rings. The van der Waals surface area contributed by atoms with Gasteiger partial charge < -0.3 is 5.32 Å². The number of hydrogen-bond donors (Lipinski definition) is 1. The second-order valence-electron chi connectivity index (χ2n) is 11.8. The number of carbonyl (C=O) groups excluding carboxylic acids is 1. The highest BCUT2D eigenvalue weighted by Gasteiger charge is 2.31. The lowest BCUT2D eigenvalue weighted by atomic mass is 9.91. The van der Waals surface area contributed by atoms with Crippen LogP contribution in [-0.2, 0) is 15.6 Å². The van der Waals surface area contributed by atoms with Crippen molar-refractivity contribution in [3.63, 3.8) is 0 Å². The zero-order valence-electron chi connectivity index (χ0n) is 25.6. The van der Waals surface area contributed by atoms with Crippen molar-refractivity contribution >= 4 is 38.9 Å². The molecule has 1 fully saturated rings. The Morgan fingerprint density at radius 2 is 1.23 bits per heavy atom. The predicted molar refractivity (Wildman–Crippen MR) is 191 cm³/mol. The summed E-state index contributed by atoms with van der Waals surface area (Å²) in [6.45, 7) is 1.44. The van der Waals surface area contributed by atoms with E-state index >= 15 is 0 Å². The van der Waals surface area contributed by atoms with Crippen LogP contribution in [0.1, 0.15) is 50.1 Å². The number of carbonyl (C=O) groups is 1. The normalized spacial score (nSPS) is 13.4. The summed E-state index contributed by atoms with van der Waals surface area (Å²) in [4.78, 5) is 15.5. The van der Waals surface area contributed by atoms with Gasteiger partial charge in [-0.25, -0.2) is 8.42 Å². The quantitative estimate of drug-likeness (QED) is 0.152. The van der Waals surface area contributed by atoms with Gasteiger partial charge in [0.05, 0.1) is 11.8 Å². The van der Waals surface area contributed by atoms with Crippen LogP contribution in [0.3, 0.4) is 0 Å². The first kappa shape index (κ1) is 32.7. The first-order valence-electron chi connectivity index (χ1n) is 15.4. The molecule has 0 spiro atoms. The number of nitrogens with one attached hydrogen (secondary N) is 1. The predicted octanol–water partition coefficient (Wildman–Crippen LogP) is 8.46. The molecule has 0 bridgehead atoms. The van der Waals surface area contributed by atoms with Crippen LogP contribution >= 0.6 is 23.2 Å². The van der Waals surface area contributed by atoms with E-state index in [1.807, 2.05) is 84.9 Å². The standard InChI is InChI=1S/C39H34Cl2N2O3S/c40-35-18-14-32(15-19-35)38(33-16-20-36(41)21-17-33)43-24-29(25-43)27-47(45,46)26-28-8-7-13-34(22-28)39(44)42-23-37(30-9-3-1-4-10-30)31-11-5-2-6-12-31/h1-22,27,37-38H,23-26H2,(H,42,44). The van der Waals surface area contributed by atoms with Crippen LogP contribution in [0.25, 0.3) is 0 Å². The molecular weight excluding hydrogens is 647 g/mol. The third-order valence-electron chi connectivity index (χ3n) is 8.32. The van der Waals surface area contributed by atoms with Gasteiger partial charge in [0.1, 0.15) is 0 Å². The maximum absolute atomic E-state index is 13.3. The van der Waals surface area contributed by atoms with Gasteiger partial charge in [0.15, 0.2) is 9.84 Å². The molecule has 1 aliphatic heterocycles. The Hall–Kier alpha value is -4.20. The summed E-state index contributed by atoms with van der Waals surface area (Å²) in [7, 11) is -3.58. The number of sulfone groups is 1. The molecule has 47 heavy (non-hydrogen) atoms. The van der Waals surface area contributed by atoms with Crippen molar-refractivity contribution in [2.45, 2.75) is 17.7 Å². The van der Waals surface area contributed by atoms with E-state index in [0.29, 0.717) is 40.8 Å². The summed E-state index contributed by atoms with van der Waals surface area (Å²) in [5.41, 5.74) is 6.16. The number of benzene rings is 5. The second kappa shape index (κ2) is 14.7. The number of halogens is 2. The fourth-order valence-electron chi connectivity index (χ4n) is 6.06. The van der Waals surface area contributed by atoms with Crippen LogP contribution < -0.4 is 5.32 Å². The molecule has 0 saturated carbocycles. The van der Waals surface area contributed by atoms with E-state index in [2.05, 4.69) is 34.5 Å². The molecule has 8 heteroatoms. The molecule has 0 aromatic heterocycles. The molecule has 5 aromatic carbocycles. The summed E-state index contributed by atoms with van der Waals surface area (Å²) in [5.74, 6) is -0.450. The average molecular weight is 682 g/mol. The van der Waals surface area contributed by atoms with Crippen molar-refractivity contribution in [1.82, 2.24) is 10.2 Å². The van der Waals surface area contributed by atoms with Crippen LogP contribution in [0.15, 0.2) is 144 Å². The van der Waals surface area contributed by atoms with E-state index in [1.54, 1.807) is 24.3 Å². The highest BCUT2D eigenvalue weighted by atomic mass is 35.5. The van der Waals surface area contributed by atoms with Gasteiger partial charge in [0.2, 0.25) is 0 Å². The van der Waals surface area contributed by atoms with Crippen LogP contribution in [0.4, 0.5) is 0 Å². The SMILES string of the molecule is O=C(NCC(c1ccccc1)c1ccccc1)c1cccc(CS(=O)(=O)C=C2CN(C(c3ccc(Cl)cc3)c3ccc(Cl)cc3)C2)c1. The topological polar surface area (TPSA) is 66.5 Å². The van der Waals surface area contributed by atoms with Gasteiger partial charge in [0.25, 0.3) is 5.91 Å². The molecule has 0 radical (unpaired) electrons. The van der Waals surface area contributed by atoms with Gasteiger partial charge in [-0.15, -0.1) is 0 Å². The van der Waals surface area contributed by atoms with Crippen molar-refractivity contribution in [3.05, 3.63) is 188 Å². The Balaban J connectivity index is 1.11. The molecular formula is C39H34Cl2N2O3S. The number of nitrogens with zero attached hydrogens (tertiary/aromatic N) is 1. The van der Waals surface area contributed by atoms with Crippen LogP contribution in [-0.4, -0.2) is 38.9 Å². The molecule has 1 saturated heterocycles. The third-order valence-corrected chi connectivity index (χ3v) is 10.3. The molecule has 238 valence electrons. The monoisotopic (exact) mass is 680 g/mol. The minimum atomic E-state index is -3.58. The number of likely N-dealkylation sites (tertiary alicyclic amines) is 1. The van der Waals surface area contributed by atoms with Gasteiger partial charge in [0, 0.05) is 46.6 Å². The molecule has 1 aliphatic rings. The van der Waals surface area contributed by atoms with E-state index in [-0.39, 0.29) is 23.6 Å². The largest absolute Gasteiger partial charge is 0.351 e. The van der Waals surface area contributed by atoms with Gasteiger partial charge in [-0.05, 0) is 69.8 Å². The fourth-order valence-corrected chi connectivity index (χ4v) is 7.70. The van der Waals surface area contributed by atoms with Crippen molar-refractivity contribution in [3.8, 4) is 0 Å². The smallest absolute Gasteiger partial charge is 0.251 e. The maximum atomic E-state index is 13.3. The first-order chi connectivity index (χ1) is 22.7. The Kier molecular flexibility index (Phi) is 10.2. The molecule has 0 aliphatic carbocycles. The lowest BCUT2D eigenvalue weighted by Gasteiger charge is -2.41. The summed E-state index contributed by atoms with van der Waals surface area (Å²) < 4.78 is 26.6. The van der Waals surface area contributed by atoms with Crippen LogP contribution in [0.2, 0.25) is 10.0 Å². The molecule has 1 heterocycles. The second-order valence-corrected chi connectivity index (χ2v) is 14.5. The average Bonchev–Trinajstić information content (AvgIpc) is 3.06. The third kappa shape index (κ3) is 8.40. The van der Waals surface area contributed by atoms with Crippen molar-refractivity contribution in [2.75, 3.05) is 19.6 Å². The summed E-state index contributed by atoms with van der Waals surface area (Å²) in [6, 6.07) is 42.3. The van der Waals surface area contributed by atoms with E-state index in [0.717, 1.165) is 27.8 Å². The van der Waals surface area contributed by atoms with Gasteiger partial charge >= 0.3 is 0 Å². The molecule has 6 rings (SSSR count). The molecule has 0 atom stereocenters. The first-order valence-corrected chi connectivity index (χ1v) is 17.9. The highest BCUT2D eigenvalue weighted by Crippen LogP contribution is 2.35. The number of amides is 1.